The average Bonchev–Trinajstić information content (AvgIpc) is 3.04. The van der Waals surface area contributed by atoms with E-state index in [-0.39, 0.29) is 25.3 Å². The van der Waals surface area contributed by atoms with E-state index in [0.29, 0.717) is 28.3 Å². The zero-order valence-electron chi connectivity index (χ0n) is 27.4. The van der Waals surface area contributed by atoms with Crippen LogP contribution in [-0.2, 0) is 30.3 Å². The second kappa shape index (κ2) is 18.4. The van der Waals surface area contributed by atoms with Gasteiger partial charge in [-0.25, -0.2) is 0 Å². The van der Waals surface area contributed by atoms with Gasteiger partial charge in [0.05, 0.1) is 35.6 Å². The highest BCUT2D eigenvalue weighted by Gasteiger charge is 2.35. The summed E-state index contributed by atoms with van der Waals surface area (Å²) in [6.45, 7) is 7.09. The maximum atomic E-state index is 13.3. The third kappa shape index (κ3) is 11.5. The van der Waals surface area contributed by atoms with Crippen LogP contribution in [0, 0.1) is 17.8 Å². The fourth-order valence-corrected chi connectivity index (χ4v) is 5.86. The summed E-state index contributed by atoms with van der Waals surface area (Å²) >= 11 is 13.0. The number of cyclic esters (lactones) is 1. The van der Waals surface area contributed by atoms with Gasteiger partial charge in [-0.05, 0) is 48.1 Å². The minimum Gasteiger partial charge on any atom is -0.495 e. The molecule has 47 heavy (non-hydrogen) atoms. The van der Waals surface area contributed by atoms with Crippen LogP contribution in [0.4, 0.5) is 0 Å². The molecule has 1 unspecified atom stereocenters. The number of halogens is 2. The first-order valence-electron chi connectivity index (χ1n) is 15.8. The highest BCUT2D eigenvalue weighted by Crippen LogP contribution is 2.32. The van der Waals surface area contributed by atoms with Crippen LogP contribution in [0.2, 0.25) is 5.02 Å². The van der Waals surface area contributed by atoms with E-state index in [0.717, 1.165) is 0 Å². The zero-order chi connectivity index (χ0) is 34.7. The van der Waals surface area contributed by atoms with E-state index in [1.165, 1.54) is 19.3 Å². The van der Waals surface area contributed by atoms with Crippen molar-refractivity contribution in [3.05, 3.63) is 76.8 Å². The Balaban J connectivity index is 1.92. The van der Waals surface area contributed by atoms with Crippen molar-refractivity contribution >= 4 is 41.0 Å². The summed E-state index contributed by atoms with van der Waals surface area (Å²) in [5, 5.41) is 27.5. The monoisotopic (exact) mass is 692 g/mol. The largest absolute Gasteiger partial charge is 0.495 e. The quantitative estimate of drug-likeness (QED) is 0.218. The lowest BCUT2D eigenvalue weighted by molar-refractivity contribution is -0.220. The maximum Gasteiger partial charge on any atom is 0.310 e. The topological polar surface area (TPSA) is 143 Å². The number of amides is 2. The molecule has 0 saturated carbocycles. The molecule has 2 amide bonds. The first-order valence-corrected chi connectivity index (χ1v) is 16.6. The molecule has 8 atom stereocenters. The van der Waals surface area contributed by atoms with E-state index in [1.54, 1.807) is 44.2 Å². The number of nitrogens with one attached hydrogen (secondary N) is 2. The van der Waals surface area contributed by atoms with Gasteiger partial charge in [-0.15, -0.1) is 11.6 Å². The van der Waals surface area contributed by atoms with Crippen molar-refractivity contribution in [3.63, 3.8) is 0 Å². The highest BCUT2D eigenvalue weighted by molar-refractivity contribution is 6.32. The summed E-state index contributed by atoms with van der Waals surface area (Å²) < 4.78 is 17.0. The molecule has 2 aromatic rings. The summed E-state index contributed by atoms with van der Waals surface area (Å²) in [4.78, 5) is 39.5. The number of hydrogen-bond donors (Lipinski definition) is 4. The fourth-order valence-electron chi connectivity index (χ4n) is 5.21. The summed E-state index contributed by atoms with van der Waals surface area (Å²) in [5.41, 5.74) is 1.39. The lowest BCUT2D eigenvalue weighted by atomic mass is 9.90. The molecule has 1 aliphatic heterocycles. The fraction of sp³-hybridized carbons (Fsp3) is 0.514. The lowest BCUT2D eigenvalue weighted by Gasteiger charge is -2.34. The molecule has 2 aromatic carbocycles. The van der Waals surface area contributed by atoms with Gasteiger partial charge in [-0.3, -0.25) is 14.4 Å². The Kier molecular flexibility index (Phi) is 15.0. The van der Waals surface area contributed by atoms with Gasteiger partial charge in [0.25, 0.3) is 0 Å². The van der Waals surface area contributed by atoms with Gasteiger partial charge in [-0.2, -0.15) is 0 Å². The molecule has 1 heterocycles. The minimum atomic E-state index is -1.54. The Labute approximate surface area is 286 Å². The Bertz CT molecular complexity index is 1360. The number of benzene rings is 2. The first kappa shape index (κ1) is 38.3. The number of aliphatic hydroxyl groups is 2. The normalized spacial score (nSPS) is 26.0. The number of rotatable bonds is 9. The summed E-state index contributed by atoms with van der Waals surface area (Å²) in [6.07, 6.45) is -1.19. The first-order chi connectivity index (χ1) is 22.3. The lowest BCUT2D eigenvalue weighted by Crippen LogP contribution is -2.49. The predicted octanol–water partition coefficient (Wildman–Crippen LogP) is 4.73. The molecular weight excluding hydrogens is 647 g/mol. The van der Waals surface area contributed by atoms with Gasteiger partial charge in [0.2, 0.25) is 11.8 Å². The predicted molar refractivity (Wildman–Crippen MR) is 180 cm³/mol. The Morgan fingerprint density at radius 2 is 1.79 bits per heavy atom. The summed E-state index contributed by atoms with van der Waals surface area (Å²) in [7, 11) is 1.50. The molecule has 12 heteroatoms. The van der Waals surface area contributed by atoms with E-state index < -0.39 is 65.6 Å². The molecule has 0 spiro atoms. The van der Waals surface area contributed by atoms with E-state index in [2.05, 4.69) is 10.6 Å². The van der Waals surface area contributed by atoms with Crippen molar-refractivity contribution < 1.29 is 38.8 Å². The Morgan fingerprint density at radius 3 is 2.43 bits per heavy atom. The SMILES string of the molecule is COc1ccc(C[C@H]2NC(=O)/C=C/C[C@@H]([C@H](C)[C@@H](O)[C@@H](Cl)c3ccccc3)O[C@@H](O)[C@H](CC(C)C)OC(=O)C(C)CNC2=O)cc1Cl. The maximum absolute atomic E-state index is 13.3. The minimum absolute atomic E-state index is 0.0363. The summed E-state index contributed by atoms with van der Waals surface area (Å²) in [5.74, 6) is -2.59. The third-order valence-corrected chi connectivity index (χ3v) is 8.86. The van der Waals surface area contributed by atoms with Crippen molar-refractivity contribution in [2.75, 3.05) is 13.7 Å². The number of aliphatic hydroxyl groups excluding tert-OH is 2. The van der Waals surface area contributed by atoms with Gasteiger partial charge in [0, 0.05) is 18.9 Å². The van der Waals surface area contributed by atoms with Gasteiger partial charge < -0.3 is 35.1 Å². The van der Waals surface area contributed by atoms with Crippen molar-refractivity contribution in [3.8, 4) is 5.75 Å². The molecular formula is C35H46Cl2N2O8. The standard InChI is InChI=1S/C35H46Cl2N2O8/c1-20(2)16-29-35(44)46-27(22(4)32(41)31(37)24-10-7-6-8-11-24)12-9-13-30(40)39-26(33(42)38-19-21(3)34(43)47-29)18-23-14-15-28(45-5)25(36)17-23/h6-11,13-15,17,20-22,26-27,29,31-32,35,41,44H,12,16,18-19H2,1-5H3,(H,38,42)(H,39,40)/b13-9+/t21?,22-,26+,27-,29-,31-,32+,35+/m0/s1. The zero-order valence-corrected chi connectivity index (χ0v) is 28.9. The third-order valence-electron chi connectivity index (χ3n) is 8.06. The van der Waals surface area contributed by atoms with E-state index >= 15 is 0 Å². The van der Waals surface area contributed by atoms with E-state index in [4.69, 9.17) is 37.4 Å². The van der Waals surface area contributed by atoms with Gasteiger partial charge >= 0.3 is 5.97 Å². The van der Waals surface area contributed by atoms with Crippen LogP contribution in [-0.4, -0.2) is 72.3 Å². The molecule has 0 saturated heterocycles. The Morgan fingerprint density at radius 1 is 1.09 bits per heavy atom. The average molecular weight is 694 g/mol. The number of methoxy groups -OCH3 is 1. The van der Waals surface area contributed by atoms with Crippen molar-refractivity contribution in [2.45, 2.75) is 83.0 Å². The molecule has 0 aliphatic carbocycles. The second-order valence-corrected chi connectivity index (χ2v) is 13.2. The van der Waals surface area contributed by atoms with Crippen LogP contribution >= 0.6 is 23.2 Å². The molecule has 0 aromatic heterocycles. The molecule has 1 aliphatic rings. The smallest absolute Gasteiger partial charge is 0.310 e. The Hall–Kier alpha value is -3.15. The van der Waals surface area contributed by atoms with Crippen LogP contribution in [0.25, 0.3) is 0 Å². The number of ether oxygens (including phenoxy) is 3. The number of esters is 1. The van der Waals surface area contributed by atoms with Gasteiger partial charge in [0.15, 0.2) is 12.4 Å². The molecule has 0 fully saturated rings. The van der Waals surface area contributed by atoms with Crippen LogP contribution in [0.5, 0.6) is 5.75 Å². The summed E-state index contributed by atoms with van der Waals surface area (Å²) in [6, 6.07) is 13.2. The van der Waals surface area contributed by atoms with Crippen LogP contribution in [0.3, 0.4) is 0 Å². The van der Waals surface area contributed by atoms with E-state index in [1.807, 2.05) is 32.0 Å². The van der Waals surface area contributed by atoms with Crippen LogP contribution < -0.4 is 15.4 Å². The molecule has 0 radical (unpaired) electrons. The number of carbonyl (C=O) groups excluding carboxylic acids is 3. The van der Waals surface area contributed by atoms with Crippen molar-refractivity contribution in [1.82, 2.24) is 10.6 Å². The van der Waals surface area contributed by atoms with Crippen molar-refractivity contribution in [2.24, 2.45) is 17.8 Å². The number of carbonyl (C=O) groups is 3. The molecule has 10 nitrogen and oxygen atoms in total. The second-order valence-electron chi connectivity index (χ2n) is 12.4. The van der Waals surface area contributed by atoms with Gasteiger partial charge in [0.1, 0.15) is 11.8 Å². The number of alkyl halides is 1. The highest BCUT2D eigenvalue weighted by atomic mass is 35.5. The van der Waals surface area contributed by atoms with Crippen molar-refractivity contribution in [1.29, 1.82) is 0 Å². The molecule has 3 rings (SSSR count). The molecule has 0 bridgehead atoms. The van der Waals surface area contributed by atoms with Crippen LogP contribution in [0.1, 0.15) is 57.0 Å². The molecule has 258 valence electrons. The number of hydrogen-bond acceptors (Lipinski definition) is 8. The molecule has 4 N–H and O–H groups in total. The van der Waals surface area contributed by atoms with Crippen LogP contribution in [0.15, 0.2) is 60.7 Å². The van der Waals surface area contributed by atoms with E-state index in [9.17, 15) is 24.6 Å². The van der Waals surface area contributed by atoms with Gasteiger partial charge in [-0.1, -0.05) is 81.8 Å².